The van der Waals surface area contributed by atoms with E-state index in [9.17, 15) is 14.7 Å². The highest BCUT2D eigenvalue weighted by atomic mass is 35.5. The van der Waals surface area contributed by atoms with Crippen molar-refractivity contribution < 1.29 is 19.4 Å². The van der Waals surface area contributed by atoms with Gasteiger partial charge in [-0.1, -0.05) is 41.6 Å². The summed E-state index contributed by atoms with van der Waals surface area (Å²) in [5.41, 5.74) is 1.48. The zero-order valence-electron chi connectivity index (χ0n) is 17.3. The molecule has 10 heteroatoms. The van der Waals surface area contributed by atoms with E-state index < -0.39 is 5.92 Å². The number of rotatable bonds is 6. The molecule has 1 aliphatic rings. The Labute approximate surface area is 192 Å². The lowest BCUT2D eigenvalue weighted by Crippen LogP contribution is -2.31. The van der Waals surface area contributed by atoms with Crippen molar-refractivity contribution in [2.24, 2.45) is 0 Å². The molecule has 0 fully saturated rings. The van der Waals surface area contributed by atoms with E-state index in [0.717, 1.165) is 5.56 Å². The lowest BCUT2D eigenvalue weighted by Gasteiger charge is -2.25. The lowest BCUT2D eigenvalue weighted by molar-refractivity contribution is -0.116. The molecule has 1 aliphatic heterocycles. The van der Waals surface area contributed by atoms with E-state index in [0.29, 0.717) is 27.1 Å². The van der Waals surface area contributed by atoms with E-state index in [4.69, 9.17) is 21.1 Å². The summed E-state index contributed by atoms with van der Waals surface area (Å²) < 4.78 is 10.4. The first-order valence-electron chi connectivity index (χ1n) is 9.66. The third-order valence-electron chi connectivity index (χ3n) is 5.16. The largest absolute Gasteiger partial charge is 0.502 e. The van der Waals surface area contributed by atoms with Gasteiger partial charge in [0.05, 0.1) is 19.8 Å². The van der Waals surface area contributed by atoms with Crippen molar-refractivity contribution in [1.82, 2.24) is 9.97 Å². The number of benzene rings is 2. The quantitative estimate of drug-likeness (QED) is 0.367. The maximum atomic E-state index is 13.0. The molecule has 32 heavy (non-hydrogen) atoms. The molecule has 1 aromatic heterocycles. The number of aromatic nitrogens is 2. The van der Waals surface area contributed by atoms with Crippen LogP contribution < -0.4 is 20.3 Å². The Morgan fingerprint density at radius 2 is 1.88 bits per heavy atom. The SMILES string of the molecule is COc1cc([C@H]2CC(=O)Nc3nc(SCc4ccccc4Cl)[nH]c(=O)c32)cc(OC)c1O. The fourth-order valence-electron chi connectivity index (χ4n) is 3.58. The number of aromatic hydroxyl groups is 1. The van der Waals surface area contributed by atoms with Crippen molar-refractivity contribution >= 4 is 35.1 Å². The van der Waals surface area contributed by atoms with Crippen molar-refractivity contribution in [2.45, 2.75) is 23.2 Å². The molecule has 2 aromatic carbocycles. The number of aromatic amines is 1. The van der Waals surface area contributed by atoms with Crippen molar-refractivity contribution in [3.05, 3.63) is 68.5 Å². The van der Waals surface area contributed by atoms with Gasteiger partial charge in [-0.25, -0.2) is 4.98 Å². The first-order valence-corrected chi connectivity index (χ1v) is 11.0. The average Bonchev–Trinajstić information content (AvgIpc) is 2.78. The van der Waals surface area contributed by atoms with Crippen LogP contribution in [0.5, 0.6) is 17.2 Å². The van der Waals surface area contributed by atoms with Gasteiger partial charge in [-0.3, -0.25) is 9.59 Å². The number of hydrogen-bond donors (Lipinski definition) is 3. The van der Waals surface area contributed by atoms with Crippen LogP contribution in [0.25, 0.3) is 0 Å². The van der Waals surface area contributed by atoms with E-state index >= 15 is 0 Å². The van der Waals surface area contributed by atoms with Gasteiger partial charge < -0.3 is 24.9 Å². The molecule has 0 saturated carbocycles. The molecule has 0 unspecified atom stereocenters. The Morgan fingerprint density at radius 3 is 2.53 bits per heavy atom. The number of anilines is 1. The number of carbonyl (C=O) groups excluding carboxylic acids is 1. The maximum absolute atomic E-state index is 13.0. The number of halogens is 1. The summed E-state index contributed by atoms with van der Waals surface area (Å²) in [6, 6.07) is 10.6. The van der Waals surface area contributed by atoms with Crippen molar-refractivity contribution in [3.8, 4) is 17.2 Å². The fraction of sp³-hybridized carbons (Fsp3) is 0.227. The summed E-state index contributed by atoms with van der Waals surface area (Å²) in [5.74, 6) is 0.0757. The molecule has 0 radical (unpaired) electrons. The third-order valence-corrected chi connectivity index (χ3v) is 6.45. The Balaban J connectivity index is 1.71. The number of ether oxygens (including phenoxy) is 2. The van der Waals surface area contributed by atoms with Crippen molar-refractivity contribution in [2.75, 3.05) is 19.5 Å². The summed E-state index contributed by atoms with van der Waals surface area (Å²) in [6.07, 6.45) is 0.0426. The van der Waals surface area contributed by atoms with Gasteiger partial charge in [0, 0.05) is 23.1 Å². The van der Waals surface area contributed by atoms with E-state index in [2.05, 4.69) is 15.3 Å². The second-order valence-electron chi connectivity index (χ2n) is 7.09. The number of H-pyrrole nitrogens is 1. The van der Waals surface area contributed by atoms with E-state index in [1.165, 1.54) is 26.0 Å². The van der Waals surface area contributed by atoms with Crippen LogP contribution in [-0.4, -0.2) is 35.2 Å². The number of fused-ring (bicyclic) bond motifs is 1. The van der Waals surface area contributed by atoms with Crippen LogP contribution in [0.2, 0.25) is 5.02 Å². The Kier molecular flexibility index (Phi) is 6.29. The lowest BCUT2D eigenvalue weighted by atomic mass is 9.86. The summed E-state index contributed by atoms with van der Waals surface area (Å²) in [5, 5.41) is 13.9. The second-order valence-corrected chi connectivity index (χ2v) is 8.46. The zero-order chi connectivity index (χ0) is 22.8. The van der Waals surface area contributed by atoms with Crippen LogP contribution in [-0.2, 0) is 10.5 Å². The maximum Gasteiger partial charge on any atom is 0.257 e. The minimum absolute atomic E-state index is 0.0426. The average molecular weight is 474 g/mol. The van der Waals surface area contributed by atoms with Gasteiger partial charge in [0.2, 0.25) is 11.7 Å². The predicted molar refractivity (Wildman–Crippen MR) is 122 cm³/mol. The van der Waals surface area contributed by atoms with Crippen LogP contribution in [0.4, 0.5) is 5.82 Å². The van der Waals surface area contributed by atoms with Crippen LogP contribution in [0, 0.1) is 0 Å². The highest BCUT2D eigenvalue weighted by Gasteiger charge is 2.32. The second kappa shape index (κ2) is 9.13. The monoisotopic (exact) mass is 473 g/mol. The third kappa shape index (κ3) is 4.26. The topological polar surface area (TPSA) is 114 Å². The molecule has 0 saturated heterocycles. The molecule has 8 nitrogen and oxygen atoms in total. The standard InChI is InChI=1S/C22H20ClN3O5S/c1-30-15-7-12(8-16(31-2)19(15)28)13-9-17(27)24-20-18(13)21(29)26-22(25-20)32-10-11-5-3-4-6-14(11)23/h3-8,13,28H,9-10H2,1-2H3,(H2,24,25,26,27,29)/t13-/m1/s1. The predicted octanol–water partition coefficient (Wildman–Crippen LogP) is 3.91. The Morgan fingerprint density at radius 1 is 1.19 bits per heavy atom. The number of thioether (sulfide) groups is 1. The Bertz CT molecular complexity index is 1220. The molecule has 4 rings (SSSR count). The summed E-state index contributed by atoms with van der Waals surface area (Å²) >= 11 is 7.51. The van der Waals surface area contributed by atoms with E-state index in [-0.39, 0.29) is 41.0 Å². The van der Waals surface area contributed by atoms with Crippen molar-refractivity contribution in [3.63, 3.8) is 0 Å². The van der Waals surface area contributed by atoms with Crippen LogP contribution >= 0.6 is 23.4 Å². The molecule has 0 aliphatic carbocycles. The minimum atomic E-state index is -0.582. The van der Waals surface area contributed by atoms with Gasteiger partial charge in [-0.05, 0) is 29.3 Å². The number of amides is 1. The van der Waals surface area contributed by atoms with Crippen molar-refractivity contribution in [1.29, 1.82) is 0 Å². The van der Waals surface area contributed by atoms with Gasteiger partial charge >= 0.3 is 0 Å². The number of phenols is 1. The number of hydrogen-bond acceptors (Lipinski definition) is 7. The van der Waals surface area contributed by atoms with Crippen LogP contribution in [0.3, 0.4) is 0 Å². The summed E-state index contributed by atoms with van der Waals surface area (Å²) in [4.78, 5) is 32.7. The molecule has 2 heterocycles. The number of methoxy groups -OCH3 is 2. The molecule has 1 amide bonds. The normalized spacial score (nSPS) is 15.1. The smallest absolute Gasteiger partial charge is 0.257 e. The minimum Gasteiger partial charge on any atom is -0.502 e. The molecular formula is C22H20ClN3O5S. The molecule has 166 valence electrons. The number of nitrogens with one attached hydrogen (secondary N) is 2. The first-order chi connectivity index (χ1) is 15.4. The highest BCUT2D eigenvalue weighted by Crippen LogP contribution is 2.43. The summed E-state index contributed by atoms with van der Waals surface area (Å²) in [6.45, 7) is 0. The number of phenolic OH excluding ortho intramolecular Hbond substituents is 1. The number of carbonyl (C=O) groups is 1. The first kappa shape index (κ1) is 22.0. The van der Waals surface area contributed by atoms with Gasteiger partial charge in [-0.15, -0.1) is 0 Å². The molecule has 3 aromatic rings. The molecule has 0 bridgehead atoms. The molecule has 3 N–H and O–H groups in total. The van der Waals surface area contributed by atoms with E-state index in [1.54, 1.807) is 18.2 Å². The highest BCUT2D eigenvalue weighted by molar-refractivity contribution is 7.98. The molecule has 0 spiro atoms. The van der Waals surface area contributed by atoms with Gasteiger partial charge in [0.1, 0.15) is 5.82 Å². The Hall–Kier alpha value is -3.17. The zero-order valence-corrected chi connectivity index (χ0v) is 18.8. The van der Waals surface area contributed by atoms with Crippen LogP contribution in [0.1, 0.15) is 29.0 Å². The van der Waals surface area contributed by atoms with Gasteiger partial charge in [-0.2, -0.15) is 0 Å². The van der Waals surface area contributed by atoms with Crippen LogP contribution in [0.15, 0.2) is 46.3 Å². The molecule has 1 atom stereocenters. The summed E-state index contributed by atoms with van der Waals surface area (Å²) in [7, 11) is 2.83. The van der Waals surface area contributed by atoms with E-state index in [1.807, 2.05) is 18.2 Å². The number of nitrogens with zero attached hydrogens (tertiary/aromatic N) is 1. The fourth-order valence-corrected chi connectivity index (χ4v) is 4.73. The van der Waals surface area contributed by atoms with Gasteiger partial charge in [0.25, 0.3) is 5.56 Å². The van der Waals surface area contributed by atoms with Gasteiger partial charge in [0.15, 0.2) is 16.7 Å². The molecular weight excluding hydrogens is 454 g/mol.